The number of hydrogen-bond acceptors (Lipinski definition) is 4. The van der Waals surface area contributed by atoms with E-state index in [1.165, 1.54) is 11.3 Å². The van der Waals surface area contributed by atoms with Crippen LogP contribution in [0.4, 0.5) is 0 Å². The van der Waals surface area contributed by atoms with Crippen LogP contribution in [0.3, 0.4) is 0 Å². The van der Waals surface area contributed by atoms with Gasteiger partial charge < -0.3 is 10.3 Å². The summed E-state index contributed by atoms with van der Waals surface area (Å²) in [4.78, 5) is 29.5. The molecule has 0 bridgehead atoms. The summed E-state index contributed by atoms with van der Waals surface area (Å²) in [5.41, 5.74) is 8.67. The number of amides is 1. The minimum absolute atomic E-state index is 0.0876. The Labute approximate surface area is 156 Å². The molecule has 0 radical (unpaired) electrons. The summed E-state index contributed by atoms with van der Waals surface area (Å²) >= 11 is 1.36. The summed E-state index contributed by atoms with van der Waals surface area (Å²) < 4.78 is 4.06. The molecule has 3 heterocycles. The normalized spacial score (nSPS) is 12.5. The molecule has 132 valence electrons. The monoisotopic (exact) mass is 374 g/mol. The van der Waals surface area contributed by atoms with Gasteiger partial charge in [-0.05, 0) is 24.3 Å². The van der Waals surface area contributed by atoms with Gasteiger partial charge in [0.1, 0.15) is 6.54 Å². The minimum atomic E-state index is -0.409. The number of para-hydroxylation sites is 3. The molecule has 0 aliphatic carbocycles. The lowest BCUT2D eigenvalue weighted by Gasteiger charge is -2.00. The number of nitrogens with zero attached hydrogens (tertiary/aromatic N) is 3. The van der Waals surface area contributed by atoms with Gasteiger partial charge in [0.25, 0.3) is 5.56 Å². The Kier molecular flexibility index (Phi) is 3.38. The van der Waals surface area contributed by atoms with Crippen molar-refractivity contribution in [3.8, 4) is 0 Å². The van der Waals surface area contributed by atoms with Crippen LogP contribution in [0.2, 0.25) is 0 Å². The van der Waals surface area contributed by atoms with Crippen molar-refractivity contribution < 1.29 is 4.79 Å². The third-order valence-corrected chi connectivity index (χ3v) is 5.55. The van der Waals surface area contributed by atoms with Gasteiger partial charge in [0.2, 0.25) is 5.91 Å². The van der Waals surface area contributed by atoms with Crippen molar-refractivity contribution in [1.29, 1.82) is 0 Å². The highest BCUT2D eigenvalue weighted by molar-refractivity contribution is 7.15. The second kappa shape index (κ2) is 5.78. The number of carbonyl (C=O) groups is 1. The second-order valence-electron chi connectivity index (χ2n) is 6.33. The molecule has 7 heteroatoms. The zero-order valence-electron chi connectivity index (χ0n) is 14.1. The third kappa shape index (κ3) is 2.43. The summed E-state index contributed by atoms with van der Waals surface area (Å²) in [5, 5.41) is 0.967. The fourth-order valence-corrected chi connectivity index (χ4v) is 4.42. The molecule has 0 spiro atoms. The summed E-state index contributed by atoms with van der Waals surface area (Å²) in [7, 11) is 0. The summed E-state index contributed by atoms with van der Waals surface area (Å²) in [6, 6.07) is 15.3. The molecular formula is C20H14N4O2S. The first-order chi connectivity index (χ1) is 13.1. The Morgan fingerprint density at radius 2 is 1.85 bits per heavy atom. The SMILES string of the molecule is NC(=O)Cn1cc(/C=c2\sc3nc4ccccc4n3c2=O)c2ccccc21. The molecule has 2 N–H and O–H groups in total. The van der Waals surface area contributed by atoms with E-state index in [2.05, 4.69) is 4.98 Å². The van der Waals surface area contributed by atoms with E-state index >= 15 is 0 Å². The fourth-order valence-electron chi connectivity index (χ4n) is 3.44. The average Bonchev–Trinajstić information content (AvgIpc) is 3.28. The lowest BCUT2D eigenvalue weighted by Crippen LogP contribution is -2.22. The van der Waals surface area contributed by atoms with Crippen LogP contribution in [0, 0.1) is 0 Å². The predicted octanol–water partition coefficient (Wildman–Crippen LogP) is 1.90. The molecule has 5 rings (SSSR count). The fraction of sp³-hybridized carbons (Fsp3) is 0.0500. The summed E-state index contributed by atoms with van der Waals surface area (Å²) in [6.45, 7) is 0.0942. The van der Waals surface area contributed by atoms with Gasteiger partial charge in [0, 0.05) is 22.7 Å². The molecule has 3 aromatic heterocycles. The van der Waals surface area contributed by atoms with Crippen LogP contribution < -0.4 is 15.8 Å². The van der Waals surface area contributed by atoms with Crippen LogP contribution in [0.15, 0.2) is 59.5 Å². The number of thiazole rings is 1. The van der Waals surface area contributed by atoms with Crippen LogP contribution in [0.5, 0.6) is 0 Å². The van der Waals surface area contributed by atoms with E-state index in [4.69, 9.17) is 5.73 Å². The molecule has 0 saturated carbocycles. The molecule has 27 heavy (non-hydrogen) atoms. The highest BCUT2D eigenvalue weighted by atomic mass is 32.1. The van der Waals surface area contributed by atoms with E-state index in [0.717, 1.165) is 27.5 Å². The van der Waals surface area contributed by atoms with E-state index in [1.807, 2.05) is 65.4 Å². The van der Waals surface area contributed by atoms with Crippen molar-refractivity contribution in [1.82, 2.24) is 14.0 Å². The number of imidazole rings is 1. The van der Waals surface area contributed by atoms with E-state index in [-0.39, 0.29) is 12.1 Å². The maximum absolute atomic E-state index is 12.9. The second-order valence-corrected chi connectivity index (χ2v) is 7.34. The highest BCUT2D eigenvalue weighted by Crippen LogP contribution is 2.22. The first kappa shape index (κ1) is 15.8. The Morgan fingerprint density at radius 3 is 2.67 bits per heavy atom. The Hall–Kier alpha value is -3.45. The maximum Gasteiger partial charge on any atom is 0.274 e. The maximum atomic E-state index is 12.9. The lowest BCUT2D eigenvalue weighted by molar-refractivity contribution is -0.118. The van der Waals surface area contributed by atoms with E-state index in [0.29, 0.717) is 9.49 Å². The van der Waals surface area contributed by atoms with Crippen LogP contribution in [0.1, 0.15) is 5.56 Å². The molecule has 1 amide bonds. The van der Waals surface area contributed by atoms with Crippen molar-refractivity contribution >= 4 is 50.2 Å². The van der Waals surface area contributed by atoms with Gasteiger partial charge in [-0.25, -0.2) is 9.38 Å². The molecule has 0 saturated heterocycles. The molecule has 0 aliphatic heterocycles. The smallest absolute Gasteiger partial charge is 0.274 e. The number of aromatic nitrogens is 3. The lowest BCUT2D eigenvalue weighted by atomic mass is 10.2. The standard InChI is InChI=1S/C20H14N4O2S/c21-18(25)11-23-10-12(13-5-1-3-7-15(13)23)9-17-19(26)24-16-8-4-2-6-14(16)22-20(24)27-17/h1-10H,11H2,(H2,21,25)/b17-9-. The minimum Gasteiger partial charge on any atom is -0.368 e. The van der Waals surface area contributed by atoms with Crippen molar-refractivity contribution in [2.75, 3.05) is 0 Å². The largest absolute Gasteiger partial charge is 0.368 e. The zero-order valence-corrected chi connectivity index (χ0v) is 14.9. The van der Waals surface area contributed by atoms with Crippen LogP contribution in [-0.4, -0.2) is 19.9 Å². The van der Waals surface area contributed by atoms with E-state index < -0.39 is 5.91 Å². The van der Waals surface area contributed by atoms with Crippen LogP contribution >= 0.6 is 11.3 Å². The van der Waals surface area contributed by atoms with Gasteiger partial charge in [-0.1, -0.05) is 41.7 Å². The Balaban J connectivity index is 1.77. The molecule has 5 aromatic rings. The van der Waals surface area contributed by atoms with Gasteiger partial charge in [-0.2, -0.15) is 0 Å². The number of benzene rings is 2. The number of rotatable bonds is 3. The summed E-state index contributed by atoms with van der Waals surface area (Å²) in [6.07, 6.45) is 3.71. The molecule has 0 aliphatic rings. The molecule has 0 fully saturated rings. The molecule has 0 atom stereocenters. The topological polar surface area (TPSA) is 82.4 Å². The van der Waals surface area contributed by atoms with E-state index in [1.54, 1.807) is 4.40 Å². The first-order valence-electron chi connectivity index (χ1n) is 8.40. The molecule has 6 nitrogen and oxygen atoms in total. The Bertz CT molecular complexity index is 1460. The molecule has 2 aromatic carbocycles. The number of carbonyl (C=O) groups excluding carboxylic acids is 1. The number of primary amides is 1. The number of hydrogen-bond donors (Lipinski definition) is 1. The molecule has 0 unspecified atom stereocenters. The molecular weight excluding hydrogens is 360 g/mol. The van der Waals surface area contributed by atoms with Gasteiger partial charge in [-0.3, -0.25) is 9.59 Å². The third-order valence-electron chi connectivity index (χ3n) is 4.58. The van der Waals surface area contributed by atoms with Gasteiger partial charge in [0.05, 0.1) is 15.6 Å². The number of nitrogens with two attached hydrogens (primary N) is 1. The average molecular weight is 374 g/mol. The van der Waals surface area contributed by atoms with Crippen LogP contribution in [0.25, 0.3) is 33.0 Å². The van der Waals surface area contributed by atoms with Crippen molar-refractivity contribution in [3.05, 3.63) is 75.2 Å². The van der Waals surface area contributed by atoms with Crippen molar-refractivity contribution in [3.63, 3.8) is 0 Å². The first-order valence-corrected chi connectivity index (χ1v) is 9.21. The van der Waals surface area contributed by atoms with Gasteiger partial charge in [-0.15, -0.1) is 0 Å². The zero-order chi connectivity index (χ0) is 18.5. The quantitative estimate of drug-likeness (QED) is 0.524. The van der Waals surface area contributed by atoms with Crippen molar-refractivity contribution in [2.45, 2.75) is 6.54 Å². The highest BCUT2D eigenvalue weighted by Gasteiger charge is 2.12. The van der Waals surface area contributed by atoms with Gasteiger partial charge >= 0.3 is 0 Å². The predicted molar refractivity (Wildman–Crippen MR) is 107 cm³/mol. The van der Waals surface area contributed by atoms with E-state index in [9.17, 15) is 9.59 Å². The number of fused-ring (bicyclic) bond motifs is 4. The Morgan fingerprint density at radius 1 is 1.11 bits per heavy atom. The van der Waals surface area contributed by atoms with Crippen LogP contribution in [-0.2, 0) is 11.3 Å². The summed E-state index contributed by atoms with van der Waals surface area (Å²) in [5.74, 6) is -0.409. The van der Waals surface area contributed by atoms with Gasteiger partial charge in [0.15, 0.2) is 4.96 Å². The van der Waals surface area contributed by atoms with Crippen molar-refractivity contribution in [2.24, 2.45) is 5.73 Å².